The SMILES string of the molecule is COC(=O)[C@H](COC(C)=O)NC(=O)[C@H](CO[Si](C)(C)C(C)(C)C)NC(=O)c1csc(-c2cccc(CNC(=O)OC(C)(C)C)c2)n1. The Morgan fingerprint density at radius 2 is 1.65 bits per heavy atom. The molecule has 2 rings (SSSR count). The van der Waals surface area contributed by atoms with Crippen LogP contribution in [-0.4, -0.2) is 81.2 Å². The number of rotatable bonds is 13. The molecule has 2 aromatic rings. The standard InChI is InChI=1S/C31H46N4O9SSi/c1-19(36)42-16-23(28(39)41-8)34-25(37)22(17-43-46(9,10)31(5,6)7)33-26(38)24-18-45-27(35-24)21-13-11-12-20(14-21)15-32-29(40)44-30(2,3)4/h11-14,18,22-23H,15-17H2,1-10H3,(H,32,40)(H,33,38)(H,34,37)/t22-,23-/m0/s1. The zero-order valence-electron chi connectivity index (χ0n) is 28.2. The summed E-state index contributed by atoms with van der Waals surface area (Å²) in [6.07, 6.45) is -0.536. The predicted molar refractivity (Wildman–Crippen MR) is 176 cm³/mol. The first-order valence-corrected chi connectivity index (χ1v) is 18.5. The van der Waals surface area contributed by atoms with Gasteiger partial charge in [-0.15, -0.1) is 11.3 Å². The van der Waals surface area contributed by atoms with Crippen molar-refractivity contribution < 1.29 is 42.6 Å². The Labute approximate surface area is 275 Å². The van der Waals surface area contributed by atoms with Crippen molar-refractivity contribution in [3.05, 3.63) is 40.9 Å². The number of nitrogens with zero attached hydrogens (tertiary/aromatic N) is 1. The molecule has 0 aliphatic carbocycles. The Hall–Kier alpha value is -3.82. The highest BCUT2D eigenvalue weighted by Gasteiger charge is 2.39. The van der Waals surface area contributed by atoms with Gasteiger partial charge < -0.3 is 34.6 Å². The van der Waals surface area contributed by atoms with E-state index < -0.39 is 62.5 Å². The lowest BCUT2D eigenvalue weighted by Gasteiger charge is -2.37. The van der Waals surface area contributed by atoms with Crippen LogP contribution in [0.3, 0.4) is 0 Å². The van der Waals surface area contributed by atoms with Gasteiger partial charge in [-0.3, -0.25) is 14.4 Å². The summed E-state index contributed by atoms with van der Waals surface area (Å²) in [5.74, 6) is -2.81. The van der Waals surface area contributed by atoms with Crippen molar-refractivity contribution in [3.8, 4) is 10.6 Å². The molecule has 13 nitrogen and oxygen atoms in total. The minimum absolute atomic E-state index is 0.0758. The molecule has 0 spiro atoms. The fourth-order valence-electron chi connectivity index (χ4n) is 3.52. The van der Waals surface area contributed by atoms with E-state index in [1.165, 1.54) is 18.3 Å². The summed E-state index contributed by atoms with van der Waals surface area (Å²) >= 11 is 1.24. The molecule has 3 N–H and O–H groups in total. The minimum atomic E-state index is -2.35. The topological polar surface area (TPSA) is 171 Å². The molecule has 1 aromatic carbocycles. The Balaban J connectivity index is 2.23. The monoisotopic (exact) mass is 678 g/mol. The van der Waals surface area contributed by atoms with Gasteiger partial charge in [0.05, 0.1) is 13.7 Å². The average Bonchev–Trinajstić information content (AvgIpc) is 3.45. The summed E-state index contributed by atoms with van der Waals surface area (Å²) in [5.41, 5.74) is 0.993. The van der Waals surface area contributed by atoms with E-state index in [1.54, 1.807) is 26.2 Å². The van der Waals surface area contributed by atoms with Crippen molar-refractivity contribution in [1.82, 2.24) is 20.9 Å². The van der Waals surface area contributed by atoms with Crippen LogP contribution >= 0.6 is 11.3 Å². The lowest BCUT2D eigenvalue weighted by atomic mass is 10.1. The number of nitrogens with one attached hydrogen (secondary N) is 3. The van der Waals surface area contributed by atoms with Gasteiger partial charge in [-0.1, -0.05) is 39.0 Å². The lowest BCUT2D eigenvalue weighted by Crippen LogP contribution is -2.56. The summed E-state index contributed by atoms with van der Waals surface area (Å²) in [6, 6.07) is 4.83. The van der Waals surface area contributed by atoms with Crippen LogP contribution in [-0.2, 0) is 39.6 Å². The fourth-order valence-corrected chi connectivity index (χ4v) is 5.33. The second-order valence-electron chi connectivity index (χ2n) is 13.1. The zero-order chi connectivity index (χ0) is 34.9. The molecule has 0 saturated heterocycles. The van der Waals surface area contributed by atoms with Gasteiger partial charge in [0.1, 0.15) is 29.0 Å². The van der Waals surface area contributed by atoms with Crippen LogP contribution in [0.5, 0.6) is 0 Å². The molecule has 0 aliphatic rings. The van der Waals surface area contributed by atoms with Crippen LogP contribution in [0.4, 0.5) is 4.79 Å². The van der Waals surface area contributed by atoms with Crippen LogP contribution in [0.1, 0.15) is 64.5 Å². The van der Waals surface area contributed by atoms with Gasteiger partial charge in [0.15, 0.2) is 14.4 Å². The number of methoxy groups -OCH3 is 1. The van der Waals surface area contributed by atoms with Crippen LogP contribution < -0.4 is 16.0 Å². The normalized spacial score (nSPS) is 13.2. The third-order valence-electron chi connectivity index (χ3n) is 7.04. The largest absolute Gasteiger partial charge is 0.467 e. The average molecular weight is 679 g/mol. The molecule has 3 amide bonds. The number of ether oxygens (including phenoxy) is 3. The van der Waals surface area contributed by atoms with Gasteiger partial charge in [-0.05, 0) is 50.5 Å². The van der Waals surface area contributed by atoms with Gasteiger partial charge in [0, 0.05) is 24.4 Å². The van der Waals surface area contributed by atoms with Crippen LogP contribution in [0.15, 0.2) is 29.6 Å². The number of alkyl carbamates (subject to hydrolysis) is 1. The first kappa shape index (κ1) is 38.4. The first-order chi connectivity index (χ1) is 21.2. The summed E-state index contributed by atoms with van der Waals surface area (Å²) < 4.78 is 21.2. The fraction of sp³-hybridized carbons (Fsp3) is 0.548. The van der Waals surface area contributed by atoms with Crippen molar-refractivity contribution in [2.75, 3.05) is 20.3 Å². The number of esters is 2. The molecule has 0 bridgehead atoms. The number of carbonyl (C=O) groups is 5. The molecule has 46 heavy (non-hydrogen) atoms. The molecule has 0 saturated carbocycles. The summed E-state index contributed by atoms with van der Waals surface area (Å²) in [7, 11) is -1.21. The lowest BCUT2D eigenvalue weighted by molar-refractivity contribution is -0.151. The van der Waals surface area contributed by atoms with Crippen LogP contribution in [0, 0.1) is 0 Å². The van der Waals surface area contributed by atoms with Crippen LogP contribution in [0.25, 0.3) is 10.6 Å². The maximum Gasteiger partial charge on any atom is 0.407 e. The number of aromatic nitrogens is 1. The molecule has 0 radical (unpaired) electrons. The van der Waals surface area contributed by atoms with Gasteiger partial charge in [0.2, 0.25) is 5.91 Å². The molecule has 1 aromatic heterocycles. The highest BCUT2D eigenvalue weighted by molar-refractivity contribution is 7.13. The summed E-state index contributed by atoms with van der Waals surface area (Å²) in [4.78, 5) is 66.9. The number of amides is 3. The van der Waals surface area contributed by atoms with Gasteiger partial charge in [0.25, 0.3) is 5.91 Å². The van der Waals surface area contributed by atoms with Crippen molar-refractivity contribution in [2.45, 2.75) is 90.8 Å². The third-order valence-corrected chi connectivity index (χ3v) is 12.4. The molecule has 0 unspecified atom stereocenters. The van der Waals surface area contributed by atoms with E-state index >= 15 is 0 Å². The van der Waals surface area contributed by atoms with Gasteiger partial charge in [-0.25, -0.2) is 14.6 Å². The Bertz CT molecular complexity index is 1400. The maximum atomic E-state index is 13.4. The molecule has 1 heterocycles. The first-order valence-electron chi connectivity index (χ1n) is 14.7. The van der Waals surface area contributed by atoms with Gasteiger partial charge >= 0.3 is 18.0 Å². The number of carbonyl (C=O) groups excluding carboxylic acids is 5. The quantitative estimate of drug-likeness (QED) is 0.159. The van der Waals surface area contributed by atoms with E-state index in [0.717, 1.165) is 18.2 Å². The minimum Gasteiger partial charge on any atom is -0.467 e. The summed E-state index contributed by atoms with van der Waals surface area (Å²) in [6.45, 7) is 16.3. The number of hydrogen-bond acceptors (Lipinski definition) is 11. The second kappa shape index (κ2) is 16.1. The smallest absolute Gasteiger partial charge is 0.407 e. The molecular formula is C31H46N4O9SSi. The Morgan fingerprint density at radius 3 is 2.24 bits per heavy atom. The zero-order valence-corrected chi connectivity index (χ0v) is 30.0. The van der Waals surface area contributed by atoms with E-state index in [1.807, 2.05) is 58.1 Å². The highest BCUT2D eigenvalue weighted by atomic mass is 32.1. The predicted octanol–water partition coefficient (Wildman–Crippen LogP) is 4.18. The van der Waals surface area contributed by atoms with E-state index in [9.17, 15) is 24.0 Å². The molecule has 0 aliphatic heterocycles. The van der Waals surface area contributed by atoms with Crippen molar-refractivity contribution in [3.63, 3.8) is 0 Å². The van der Waals surface area contributed by atoms with E-state index in [4.69, 9.17) is 18.6 Å². The van der Waals surface area contributed by atoms with Crippen LogP contribution in [0.2, 0.25) is 18.1 Å². The Morgan fingerprint density at radius 1 is 0.978 bits per heavy atom. The van der Waals surface area contributed by atoms with E-state index in [-0.39, 0.29) is 23.9 Å². The highest BCUT2D eigenvalue weighted by Crippen LogP contribution is 2.36. The summed E-state index contributed by atoms with van der Waals surface area (Å²) in [5, 5.41) is 9.84. The maximum absolute atomic E-state index is 13.4. The van der Waals surface area contributed by atoms with E-state index in [2.05, 4.69) is 20.9 Å². The number of hydrogen-bond donors (Lipinski definition) is 3. The van der Waals surface area contributed by atoms with E-state index in [0.29, 0.717) is 5.01 Å². The Kier molecular flexibility index (Phi) is 13.5. The number of thiazole rings is 1. The molecule has 0 fully saturated rings. The molecular weight excluding hydrogens is 633 g/mol. The van der Waals surface area contributed by atoms with Crippen molar-refractivity contribution in [2.24, 2.45) is 0 Å². The molecule has 2 atom stereocenters. The third kappa shape index (κ3) is 12.2. The van der Waals surface area contributed by atoms with Gasteiger partial charge in [-0.2, -0.15) is 0 Å². The number of benzene rings is 1. The molecule has 15 heteroatoms. The van der Waals surface area contributed by atoms with Crippen molar-refractivity contribution in [1.29, 1.82) is 0 Å². The second-order valence-corrected chi connectivity index (χ2v) is 18.7. The molecule has 254 valence electrons. The van der Waals surface area contributed by atoms with Crippen molar-refractivity contribution >= 4 is 49.5 Å².